The molecule has 0 saturated carbocycles. The topological polar surface area (TPSA) is 131 Å². The van der Waals surface area contributed by atoms with Crippen LogP contribution in [0, 0.1) is 10.1 Å². The van der Waals surface area contributed by atoms with Gasteiger partial charge in [0.1, 0.15) is 5.75 Å². The van der Waals surface area contributed by atoms with E-state index in [0.717, 1.165) is 0 Å². The van der Waals surface area contributed by atoms with Gasteiger partial charge in [-0.05, 0) is 24.3 Å². The number of hydrogen-bond acceptors (Lipinski definition) is 9. The molecule has 0 aliphatic heterocycles. The van der Waals surface area contributed by atoms with Crippen LogP contribution in [0.25, 0.3) is 11.7 Å². The van der Waals surface area contributed by atoms with Crippen molar-refractivity contribution in [2.75, 3.05) is 6.61 Å². The second-order valence-electron chi connectivity index (χ2n) is 4.68. The molecule has 1 aromatic carbocycles. The minimum absolute atomic E-state index is 0.0707. The maximum absolute atomic E-state index is 11.6. The number of carbonyl (C=O) groups excluding carboxylic acids is 1. The number of aromatic nitrogens is 2. The summed E-state index contributed by atoms with van der Waals surface area (Å²) >= 11 is 0. The van der Waals surface area contributed by atoms with Gasteiger partial charge in [0.2, 0.25) is 0 Å². The molecule has 0 atom stereocenters. The van der Waals surface area contributed by atoms with Crippen molar-refractivity contribution in [3.05, 3.63) is 58.7 Å². The summed E-state index contributed by atoms with van der Waals surface area (Å²) in [6.07, 6.45) is 1.47. The summed E-state index contributed by atoms with van der Waals surface area (Å²) in [4.78, 5) is 21.6. The Hall–Kier alpha value is -3.69. The molecule has 0 fully saturated rings. The lowest BCUT2D eigenvalue weighted by molar-refractivity contribution is -0.384. The number of esters is 1. The van der Waals surface area contributed by atoms with Crippen LogP contribution in [0.4, 0.5) is 5.69 Å². The largest absolute Gasteiger partial charge is 0.482 e. The number of non-ortho nitro benzene ring substituents is 1. The fourth-order valence-corrected chi connectivity index (χ4v) is 1.80. The summed E-state index contributed by atoms with van der Waals surface area (Å²) in [5.41, 5.74) is -0.0707. The zero-order chi connectivity index (χ0) is 17.6. The molecule has 0 aliphatic rings. The second-order valence-corrected chi connectivity index (χ2v) is 4.68. The molecule has 128 valence electrons. The molecule has 25 heavy (non-hydrogen) atoms. The number of nitro groups is 1. The molecule has 0 spiro atoms. The van der Waals surface area contributed by atoms with Gasteiger partial charge in [-0.2, -0.15) is 0 Å². The van der Waals surface area contributed by atoms with Crippen molar-refractivity contribution in [1.29, 1.82) is 0 Å². The predicted molar refractivity (Wildman–Crippen MR) is 80.4 cm³/mol. The van der Waals surface area contributed by atoms with E-state index in [-0.39, 0.29) is 30.7 Å². The van der Waals surface area contributed by atoms with Gasteiger partial charge < -0.3 is 18.3 Å². The quantitative estimate of drug-likeness (QED) is 0.359. The average Bonchev–Trinajstić information content (AvgIpc) is 3.29. The molecule has 2 aromatic heterocycles. The van der Waals surface area contributed by atoms with Crippen LogP contribution in [-0.4, -0.2) is 27.7 Å². The van der Waals surface area contributed by atoms with Crippen LogP contribution in [0.15, 0.2) is 51.5 Å². The Balaban J connectivity index is 1.46. The summed E-state index contributed by atoms with van der Waals surface area (Å²) in [5, 5.41) is 18.0. The fourth-order valence-electron chi connectivity index (χ4n) is 1.80. The average molecular weight is 345 g/mol. The lowest BCUT2D eigenvalue weighted by Crippen LogP contribution is -2.14. The van der Waals surface area contributed by atoms with Crippen LogP contribution >= 0.6 is 0 Å². The number of ether oxygens (including phenoxy) is 2. The van der Waals surface area contributed by atoms with Gasteiger partial charge in [-0.25, -0.2) is 4.79 Å². The van der Waals surface area contributed by atoms with Gasteiger partial charge in [-0.3, -0.25) is 10.1 Å². The molecule has 0 aliphatic carbocycles. The minimum Gasteiger partial charge on any atom is -0.482 e. The number of hydrogen-bond donors (Lipinski definition) is 0. The SMILES string of the molecule is O=C(COc1ccc([N+](=O)[O-])cc1)OCc1nnc(-c2ccco2)o1. The highest BCUT2D eigenvalue weighted by molar-refractivity contribution is 5.71. The third-order valence-corrected chi connectivity index (χ3v) is 2.96. The van der Waals surface area contributed by atoms with E-state index >= 15 is 0 Å². The van der Waals surface area contributed by atoms with Crippen molar-refractivity contribution in [1.82, 2.24) is 10.2 Å². The van der Waals surface area contributed by atoms with Crippen LogP contribution < -0.4 is 4.74 Å². The van der Waals surface area contributed by atoms with Crippen molar-refractivity contribution >= 4 is 11.7 Å². The standard InChI is InChI=1S/C15H11N3O7/c19-14(9-23-11-5-3-10(4-6-11)18(20)21)24-8-13-16-17-15(25-13)12-2-1-7-22-12/h1-7H,8-9H2. The van der Waals surface area contributed by atoms with Crippen LogP contribution in [-0.2, 0) is 16.1 Å². The van der Waals surface area contributed by atoms with Gasteiger partial charge in [-0.15, -0.1) is 10.2 Å². The Bertz CT molecular complexity index is 856. The van der Waals surface area contributed by atoms with Gasteiger partial charge in [-0.1, -0.05) is 0 Å². The van der Waals surface area contributed by atoms with Crippen LogP contribution in [0.1, 0.15) is 5.89 Å². The van der Waals surface area contributed by atoms with Crippen molar-refractivity contribution in [2.45, 2.75) is 6.61 Å². The molecule has 3 aromatic rings. The first-order valence-electron chi connectivity index (χ1n) is 7.01. The summed E-state index contributed by atoms with van der Waals surface area (Å²) in [5.74, 6) is 0.344. The second kappa shape index (κ2) is 7.25. The number of nitrogens with zero attached hydrogens (tertiary/aromatic N) is 3. The number of nitro benzene ring substituents is 1. The highest BCUT2D eigenvalue weighted by Crippen LogP contribution is 2.19. The van der Waals surface area contributed by atoms with Crippen LogP contribution in [0.5, 0.6) is 5.75 Å². The van der Waals surface area contributed by atoms with E-state index in [4.69, 9.17) is 18.3 Å². The van der Waals surface area contributed by atoms with E-state index in [1.807, 2.05) is 0 Å². The van der Waals surface area contributed by atoms with E-state index in [1.54, 1.807) is 12.1 Å². The first kappa shape index (κ1) is 16.2. The molecule has 0 bridgehead atoms. The predicted octanol–water partition coefficient (Wildman–Crippen LogP) is 2.36. The normalized spacial score (nSPS) is 10.4. The minimum atomic E-state index is -0.656. The first-order valence-corrected chi connectivity index (χ1v) is 7.01. The van der Waals surface area contributed by atoms with Crippen LogP contribution in [0.3, 0.4) is 0 Å². The highest BCUT2D eigenvalue weighted by Gasteiger charge is 2.13. The molecular weight excluding hydrogens is 334 g/mol. The number of benzene rings is 1. The van der Waals surface area contributed by atoms with Crippen LogP contribution in [0.2, 0.25) is 0 Å². The third kappa shape index (κ3) is 4.19. The fraction of sp³-hybridized carbons (Fsp3) is 0.133. The third-order valence-electron chi connectivity index (χ3n) is 2.96. The van der Waals surface area contributed by atoms with E-state index in [2.05, 4.69) is 10.2 Å². The van der Waals surface area contributed by atoms with Crippen molar-refractivity contribution in [3.63, 3.8) is 0 Å². The highest BCUT2D eigenvalue weighted by atomic mass is 16.6. The summed E-state index contributed by atoms with van der Waals surface area (Å²) in [6.45, 7) is -0.576. The van der Waals surface area contributed by atoms with E-state index in [9.17, 15) is 14.9 Å². The molecule has 2 heterocycles. The van der Waals surface area contributed by atoms with Gasteiger partial charge in [0, 0.05) is 12.1 Å². The molecule has 0 amide bonds. The maximum atomic E-state index is 11.6. The monoisotopic (exact) mass is 345 g/mol. The molecule has 0 unspecified atom stereocenters. The Kier molecular flexibility index (Phi) is 4.69. The van der Waals surface area contributed by atoms with Crippen molar-refractivity contribution in [2.24, 2.45) is 0 Å². The lowest BCUT2D eigenvalue weighted by atomic mass is 10.3. The molecule has 0 N–H and O–H groups in total. The Morgan fingerprint density at radius 3 is 2.68 bits per heavy atom. The zero-order valence-electron chi connectivity index (χ0n) is 12.7. The molecule has 10 nitrogen and oxygen atoms in total. The Morgan fingerprint density at radius 1 is 1.20 bits per heavy atom. The molecule has 10 heteroatoms. The zero-order valence-corrected chi connectivity index (χ0v) is 12.7. The van der Waals surface area contributed by atoms with Crippen molar-refractivity contribution in [3.8, 4) is 17.4 Å². The molecule has 0 saturated heterocycles. The Morgan fingerprint density at radius 2 is 2.00 bits per heavy atom. The first-order chi connectivity index (χ1) is 12.1. The molecule has 0 radical (unpaired) electrons. The van der Waals surface area contributed by atoms with Crippen molar-refractivity contribution < 1.29 is 28.0 Å². The summed E-state index contributed by atoms with van der Waals surface area (Å²) in [7, 11) is 0. The van der Waals surface area contributed by atoms with Gasteiger partial charge in [0.15, 0.2) is 19.0 Å². The van der Waals surface area contributed by atoms with E-state index < -0.39 is 10.9 Å². The summed E-state index contributed by atoms with van der Waals surface area (Å²) < 4.78 is 20.5. The maximum Gasteiger partial charge on any atom is 0.344 e. The van der Waals surface area contributed by atoms with Gasteiger partial charge in [0.05, 0.1) is 11.2 Å². The lowest BCUT2D eigenvalue weighted by Gasteiger charge is -2.05. The van der Waals surface area contributed by atoms with Gasteiger partial charge in [0.25, 0.3) is 17.5 Å². The number of furan rings is 1. The summed E-state index contributed by atoms with van der Waals surface area (Å²) in [6, 6.07) is 8.65. The van der Waals surface area contributed by atoms with Gasteiger partial charge >= 0.3 is 5.97 Å². The number of carbonyl (C=O) groups is 1. The van der Waals surface area contributed by atoms with E-state index in [0.29, 0.717) is 11.5 Å². The smallest absolute Gasteiger partial charge is 0.344 e. The molecular formula is C15H11N3O7. The molecule has 3 rings (SSSR count). The Labute approximate surface area is 140 Å². The number of rotatable bonds is 7. The van der Waals surface area contributed by atoms with E-state index in [1.165, 1.54) is 30.5 Å².